The molecule has 0 aliphatic carbocycles. The molecule has 0 radical (unpaired) electrons. The monoisotopic (exact) mass is 310 g/mol. The Morgan fingerprint density at radius 1 is 1.11 bits per heavy atom. The lowest BCUT2D eigenvalue weighted by Gasteiger charge is -2.03. The van der Waals surface area contributed by atoms with Crippen LogP contribution in [-0.4, -0.2) is 4.98 Å². The number of nitrogens with one attached hydrogen (secondary N) is 1. The molecule has 0 bridgehead atoms. The number of rotatable bonds is 2. The molecule has 0 saturated heterocycles. The first-order valence-corrected chi connectivity index (χ1v) is 6.78. The molecule has 2 aromatic carbocycles. The van der Waals surface area contributed by atoms with Gasteiger partial charge in [-0.3, -0.25) is 0 Å². The second-order valence-corrected chi connectivity index (χ2v) is 5.28. The lowest BCUT2D eigenvalue weighted by atomic mass is 10.0. The Labute approximate surface area is 120 Å². The number of fused-ring (bicyclic) bond motifs is 1. The second-order valence-electron chi connectivity index (χ2n) is 4.42. The molecule has 1 N–H and O–H groups in total. The number of hydrogen-bond donors (Lipinski definition) is 1. The van der Waals surface area contributed by atoms with Crippen LogP contribution in [0.3, 0.4) is 0 Å². The number of benzene rings is 2. The molecule has 2 nitrogen and oxygen atoms in total. The van der Waals surface area contributed by atoms with E-state index in [4.69, 9.17) is 6.57 Å². The summed E-state index contributed by atoms with van der Waals surface area (Å²) in [5.74, 6) is 0. The Balaban J connectivity index is 2.06. The standard InChI is InChI=1S/C16H11BrN2/c1-18-13-6-7-16-14(9-13)12(10-19-16)8-11-4-2-3-5-15(11)17/h2-7,9-10,19H,8H2. The van der Waals surface area contributed by atoms with Crippen LogP contribution in [0.4, 0.5) is 5.69 Å². The van der Waals surface area contributed by atoms with Gasteiger partial charge in [0.25, 0.3) is 0 Å². The van der Waals surface area contributed by atoms with Gasteiger partial charge in [-0.2, -0.15) is 0 Å². The number of aromatic nitrogens is 1. The highest BCUT2D eigenvalue weighted by molar-refractivity contribution is 9.10. The summed E-state index contributed by atoms with van der Waals surface area (Å²) in [6.45, 7) is 7.11. The first-order chi connectivity index (χ1) is 9.28. The molecule has 0 atom stereocenters. The van der Waals surface area contributed by atoms with Crippen LogP contribution in [0.5, 0.6) is 0 Å². The van der Waals surface area contributed by atoms with Crippen molar-refractivity contribution in [1.82, 2.24) is 4.98 Å². The molecule has 3 aromatic rings. The van der Waals surface area contributed by atoms with Crippen LogP contribution in [0.25, 0.3) is 15.7 Å². The Morgan fingerprint density at radius 3 is 2.74 bits per heavy atom. The summed E-state index contributed by atoms with van der Waals surface area (Å²) in [7, 11) is 0. The van der Waals surface area contributed by atoms with Gasteiger partial charge in [0.2, 0.25) is 0 Å². The van der Waals surface area contributed by atoms with Gasteiger partial charge >= 0.3 is 0 Å². The summed E-state index contributed by atoms with van der Waals surface area (Å²) in [5, 5.41) is 1.13. The van der Waals surface area contributed by atoms with E-state index in [0.29, 0.717) is 5.69 Å². The Morgan fingerprint density at radius 2 is 1.95 bits per heavy atom. The van der Waals surface area contributed by atoms with Crippen molar-refractivity contribution >= 4 is 32.5 Å². The number of H-pyrrole nitrogens is 1. The molecule has 0 saturated carbocycles. The minimum atomic E-state index is 0.681. The van der Waals surface area contributed by atoms with Gasteiger partial charge in [0, 0.05) is 22.6 Å². The van der Waals surface area contributed by atoms with Gasteiger partial charge in [-0.05, 0) is 34.7 Å². The van der Waals surface area contributed by atoms with Crippen molar-refractivity contribution in [1.29, 1.82) is 0 Å². The fourth-order valence-electron chi connectivity index (χ4n) is 2.23. The molecule has 0 fully saturated rings. The zero-order chi connectivity index (χ0) is 13.2. The molecule has 92 valence electrons. The number of hydrogen-bond acceptors (Lipinski definition) is 0. The molecule has 0 amide bonds. The highest BCUT2D eigenvalue weighted by Gasteiger charge is 2.07. The number of aromatic amines is 1. The minimum absolute atomic E-state index is 0.681. The van der Waals surface area contributed by atoms with Crippen molar-refractivity contribution in [3.05, 3.63) is 75.7 Å². The van der Waals surface area contributed by atoms with Crippen LogP contribution in [0.2, 0.25) is 0 Å². The molecule has 19 heavy (non-hydrogen) atoms. The van der Waals surface area contributed by atoms with E-state index >= 15 is 0 Å². The van der Waals surface area contributed by atoms with Gasteiger partial charge in [-0.25, -0.2) is 4.85 Å². The Hall–Kier alpha value is -2.05. The number of halogens is 1. The molecule has 0 aliphatic rings. The van der Waals surface area contributed by atoms with Crippen molar-refractivity contribution < 1.29 is 0 Å². The first kappa shape index (κ1) is 12.0. The lowest BCUT2D eigenvalue weighted by molar-refractivity contribution is 1.19. The topological polar surface area (TPSA) is 20.1 Å². The molecule has 1 heterocycles. The van der Waals surface area contributed by atoms with E-state index in [9.17, 15) is 0 Å². The van der Waals surface area contributed by atoms with Gasteiger partial charge in [0.05, 0.1) is 6.57 Å². The third-order valence-electron chi connectivity index (χ3n) is 3.22. The maximum atomic E-state index is 7.11. The van der Waals surface area contributed by atoms with E-state index in [0.717, 1.165) is 21.8 Å². The fraction of sp³-hybridized carbons (Fsp3) is 0.0625. The molecule has 1 aromatic heterocycles. The van der Waals surface area contributed by atoms with Crippen LogP contribution in [0.15, 0.2) is 53.1 Å². The summed E-state index contributed by atoms with van der Waals surface area (Å²) >= 11 is 3.58. The van der Waals surface area contributed by atoms with Crippen molar-refractivity contribution in [2.24, 2.45) is 0 Å². The Kier molecular flexibility index (Phi) is 3.10. The third kappa shape index (κ3) is 2.27. The maximum absolute atomic E-state index is 7.11. The summed E-state index contributed by atoms with van der Waals surface area (Å²) in [5.41, 5.74) is 4.22. The van der Waals surface area contributed by atoms with Crippen molar-refractivity contribution in [3.63, 3.8) is 0 Å². The van der Waals surface area contributed by atoms with E-state index in [2.05, 4.69) is 37.9 Å². The zero-order valence-corrected chi connectivity index (χ0v) is 11.7. The van der Waals surface area contributed by atoms with Crippen LogP contribution in [0.1, 0.15) is 11.1 Å². The highest BCUT2D eigenvalue weighted by atomic mass is 79.9. The molecule has 0 unspecified atom stereocenters. The van der Waals surface area contributed by atoms with Gasteiger partial charge < -0.3 is 4.98 Å². The maximum Gasteiger partial charge on any atom is 0.187 e. The predicted molar refractivity (Wildman–Crippen MR) is 81.5 cm³/mol. The smallest absolute Gasteiger partial charge is 0.187 e. The van der Waals surface area contributed by atoms with Crippen LogP contribution >= 0.6 is 15.9 Å². The van der Waals surface area contributed by atoms with E-state index < -0.39 is 0 Å². The average molecular weight is 311 g/mol. The van der Waals surface area contributed by atoms with Crippen LogP contribution in [0, 0.1) is 6.57 Å². The summed E-state index contributed by atoms with van der Waals surface area (Å²) in [6.07, 6.45) is 2.88. The lowest BCUT2D eigenvalue weighted by Crippen LogP contribution is -1.87. The van der Waals surface area contributed by atoms with E-state index in [1.165, 1.54) is 11.1 Å². The summed E-state index contributed by atoms with van der Waals surface area (Å²) in [6, 6.07) is 14.0. The molecular formula is C16H11BrN2. The number of nitrogens with zero attached hydrogens (tertiary/aromatic N) is 1. The van der Waals surface area contributed by atoms with Gasteiger partial charge in [-0.1, -0.05) is 40.2 Å². The SMILES string of the molecule is [C-]#[N+]c1ccc2[nH]cc(Cc3ccccc3Br)c2c1. The average Bonchev–Trinajstić information content (AvgIpc) is 2.84. The van der Waals surface area contributed by atoms with Crippen LogP contribution in [-0.2, 0) is 6.42 Å². The predicted octanol–water partition coefficient (Wildman–Crippen LogP) is 5.07. The van der Waals surface area contributed by atoms with E-state index in [1.807, 2.05) is 36.5 Å². The minimum Gasteiger partial charge on any atom is -0.361 e. The molecule has 0 aliphatic heterocycles. The zero-order valence-electron chi connectivity index (χ0n) is 10.2. The molecule has 3 rings (SSSR count). The molecule has 3 heteroatoms. The van der Waals surface area contributed by atoms with Crippen LogP contribution < -0.4 is 0 Å². The summed E-state index contributed by atoms with van der Waals surface area (Å²) in [4.78, 5) is 6.75. The molecular weight excluding hydrogens is 300 g/mol. The fourth-order valence-corrected chi connectivity index (χ4v) is 2.65. The Bertz CT molecular complexity index is 781. The van der Waals surface area contributed by atoms with Gasteiger partial charge in [0.15, 0.2) is 5.69 Å². The first-order valence-electron chi connectivity index (χ1n) is 5.99. The van der Waals surface area contributed by atoms with Crippen molar-refractivity contribution in [2.45, 2.75) is 6.42 Å². The summed E-state index contributed by atoms with van der Waals surface area (Å²) < 4.78 is 1.12. The van der Waals surface area contributed by atoms with Crippen molar-refractivity contribution in [2.75, 3.05) is 0 Å². The molecule has 0 spiro atoms. The quantitative estimate of drug-likeness (QED) is 0.638. The third-order valence-corrected chi connectivity index (χ3v) is 3.99. The van der Waals surface area contributed by atoms with E-state index in [1.54, 1.807) is 0 Å². The van der Waals surface area contributed by atoms with Gasteiger partial charge in [-0.15, -0.1) is 0 Å². The largest absolute Gasteiger partial charge is 0.361 e. The normalized spacial score (nSPS) is 10.5. The highest BCUT2D eigenvalue weighted by Crippen LogP contribution is 2.27. The second kappa shape index (κ2) is 4.91. The van der Waals surface area contributed by atoms with E-state index in [-0.39, 0.29) is 0 Å². The van der Waals surface area contributed by atoms with Crippen molar-refractivity contribution in [3.8, 4) is 0 Å². The van der Waals surface area contributed by atoms with Gasteiger partial charge in [0.1, 0.15) is 0 Å².